The molecule has 0 aromatic heterocycles. The number of rotatable bonds is 7. The molecule has 0 saturated heterocycles. The van der Waals surface area contributed by atoms with Crippen LogP contribution in [0.2, 0.25) is 0 Å². The lowest BCUT2D eigenvalue weighted by Crippen LogP contribution is -2.48. The summed E-state index contributed by atoms with van der Waals surface area (Å²) < 4.78 is 27.9. The molecule has 0 aliphatic carbocycles. The molecule has 1 rings (SSSR count). The summed E-state index contributed by atoms with van der Waals surface area (Å²) in [6.45, 7) is 6.38. The molecule has 1 aromatic rings. The van der Waals surface area contributed by atoms with Crippen molar-refractivity contribution in [1.29, 1.82) is 0 Å². The second kappa shape index (κ2) is 8.37. The number of nitrogens with one attached hydrogen (secondary N) is 2. The predicted octanol–water partition coefficient (Wildman–Crippen LogP) is 1.53. The van der Waals surface area contributed by atoms with Gasteiger partial charge in [0.1, 0.15) is 5.75 Å². The maximum absolute atomic E-state index is 11.7. The zero-order valence-corrected chi connectivity index (χ0v) is 16.3. The number of hydrogen-bond acceptors (Lipinski definition) is 4. The van der Waals surface area contributed by atoms with E-state index in [0.717, 1.165) is 23.3 Å². The third-order valence-corrected chi connectivity index (χ3v) is 6.24. The Balaban J connectivity index is 2.54. The number of aryl methyl sites for hydroxylation is 1. The monoisotopic (exact) mass is 355 g/mol. The van der Waals surface area contributed by atoms with E-state index in [9.17, 15) is 8.42 Å². The molecule has 6 nitrogen and oxygen atoms in total. The van der Waals surface area contributed by atoms with Crippen LogP contribution >= 0.6 is 0 Å². The first-order chi connectivity index (χ1) is 11.1. The standard InChI is InChI=1S/C17H29N3O3S/c1-13-7-8-14(11-15(13)23-5)9-10-19-16(18-4)20-12-17(2,3)24(6,21)22/h7-8,11H,9-10,12H2,1-6H3,(H2,18,19,20). The molecule has 136 valence electrons. The Hall–Kier alpha value is -1.76. The van der Waals surface area contributed by atoms with Crippen LogP contribution in [0.15, 0.2) is 23.2 Å². The smallest absolute Gasteiger partial charge is 0.191 e. The maximum Gasteiger partial charge on any atom is 0.191 e. The molecular formula is C17H29N3O3S. The fourth-order valence-corrected chi connectivity index (χ4v) is 2.33. The zero-order valence-electron chi connectivity index (χ0n) is 15.4. The quantitative estimate of drug-likeness (QED) is 0.573. The Morgan fingerprint density at radius 2 is 1.96 bits per heavy atom. The van der Waals surface area contributed by atoms with Crippen molar-refractivity contribution in [2.24, 2.45) is 4.99 Å². The SMILES string of the molecule is CN=C(NCCc1ccc(C)c(OC)c1)NCC(C)(C)S(C)(=O)=O. The van der Waals surface area contributed by atoms with Crippen LogP contribution in [0.5, 0.6) is 5.75 Å². The Kier molecular flexibility index (Phi) is 7.08. The second-order valence-electron chi connectivity index (χ2n) is 6.44. The van der Waals surface area contributed by atoms with Gasteiger partial charge in [-0.3, -0.25) is 4.99 Å². The van der Waals surface area contributed by atoms with Crippen molar-refractivity contribution in [3.05, 3.63) is 29.3 Å². The van der Waals surface area contributed by atoms with Crippen molar-refractivity contribution >= 4 is 15.8 Å². The van der Waals surface area contributed by atoms with Crippen molar-refractivity contribution in [3.63, 3.8) is 0 Å². The maximum atomic E-state index is 11.7. The molecule has 0 heterocycles. The molecule has 24 heavy (non-hydrogen) atoms. The third-order valence-electron chi connectivity index (χ3n) is 4.09. The summed E-state index contributed by atoms with van der Waals surface area (Å²) in [6, 6.07) is 6.14. The molecule has 0 unspecified atom stereocenters. The van der Waals surface area contributed by atoms with Gasteiger partial charge < -0.3 is 15.4 Å². The minimum atomic E-state index is -3.14. The summed E-state index contributed by atoms with van der Waals surface area (Å²) in [6.07, 6.45) is 2.06. The van der Waals surface area contributed by atoms with E-state index in [4.69, 9.17) is 4.74 Å². The molecule has 0 aliphatic rings. The van der Waals surface area contributed by atoms with Crippen LogP contribution in [0.4, 0.5) is 0 Å². The highest BCUT2D eigenvalue weighted by Crippen LogP contribution is 2.19. The lowest BCUT2D eigenvalue weighted by atomic mass is 10.1. The average molecular weight is 356 g/mol. The number of aliphatic imine (C=N–C) groups is 1. The first kappa shape index (κ1) is 20.3. The van der Waals surface area contributed by atoms with Gasteiger partial charge in [-0.1, -0.05) is 12.1 Å². The Bertz CT molecular complexity index is 682. The Morgan fingerprint density at radius 3 is 2.50 bits per heavy atom. The number of ether oxygens (including phenoxy) is 1. The summed E-state index contributed by atoms with van der Waals surface area (Å²) in [5, 5.41) is 6.27. The minimum absolute atomic E-state index is 0.295. The van der Waals surface area contributed by atoms with Crippen LogP contribution in [0.25, 0.3) is 0 Å². The highest BCUT2D eigenvalue weighted by Gasteiger charge is 2.30. The van der Waals surface area contributed by atoms with Crippen molar-refractivity contribution in [2.45, 2.75) is 31.9 Å². The third kappa shape index (κ3) is 5.70. The van der Waals surface area contributed by atoms with Crippen LogP contribution in [0.1, 0.15) is 25.0 Å². The lowest BCUT2D eigenvalue weighted by Gasteiger charge is -2.24. The summed E-state index contributed by atoms with van der Waals surface area (Å²) in [5.74, 6) is 1.47. The lowest BCUT2D eigenvalue weighted by molar-refractivity contribution is 0.411. The average Bonchev–Trinajstić information content (AvgIpc) is 2.51. The van der Waals surface area contributed by atoms with E-state index in [-0.39, 0.29) is 0 Å². The van der Waals surface area contributed by atoms with Gasteiger partial charge in [0.05, 0.1) is 11.9 Å². The fraction of sp³-hybridized carbons (Fsp3) is 0.588. The van der Waals surface area contributed by atoms with Crippen molar-refractivity contribution in [2.75, 3.05) is 33.5 Å². The van der Waals surface area contributed by atoms with E-state index in [2.05, 4.69) is 21.7 Å². The van der Waals surface area contributed by atoms with Gasteiger partial charge in [0.15, 0.2) is 15.8 Å². The largest absolute Gasteiger partial charge is 0.496 e. The minimum Gasteiger partial charge on any atom is -0.496 e. The van der Waals surface area contributed by atoms with Gasteiger partial charge in [0.25, 0.3) is 0 Å². The molecule has 0 atom stereocenters. The zero-order chi connectivity index (χ0) is 18.4. The second-order valence-corrected chi connectivity index (χ2v) is 9.09. The summed E-state index contributed by atoms with van der Waals surface area (Å²) >= 11 is 0. The molecule has 0 amide bonds. The van der Waals surface area contributed by atoms with Gasteiger partial charge in [-0.2, -0.15) is 0 Å². The number of nitrogens with zero attached hydrogens (tertiary/aromatic N) is 1. The van der Waals surface area contributed by atoms with Gasteiger partial charge in [-0.15, -0.1) is 0 Å². The van der Waals surface area contributed by atoms with E-state index in [0.29, 0.717) is 19.0 Å². The van der Waals surface area contributed by atoms with E-state index < -0.39 is 14.6 Å². The first-order valence-corrected chi connectivity index (χ1v) is 9.77. The Morgan fingerprint density at radius 1 is 1.29 bits per heavy atom. The van der Waals surface area contributed by atoms with Gasteiger partial charge in [-0.25, -0.2) is 8.42 Å². The fourth-order valence-electron chi connectivity index (χ4n) is 1.99. The van der Waals surface area contributed by atoms with Gasteiger partial charge in [0.2, 0.25) is 0 Å². The van der Waals surface area contributed by atoms with E-state index in [1.807, 2.05) is 19.1 Å². The van der Waals surface area contributed by atoms with Crippen LogP contribution in [0, 0.1) is 6.92 Å². The first-order valence-electron chi connectivity index (χ1n) is 7.88. The van der Waals surface area contributed by atoms with E-state index in [1.54, 1.807) is 28.0 Å². The van der Waals surface area contributed by atoms with Crippen LogP contribution in [0.3, 0.4) is 0 Å². The van der Waals surface area contributed by atoms with Gasteiger partial charge >= 0.3 is 0 Å². The molecule has 0 spiro atoms. The molecular weight excluding hydrogens is 326 g/mol. The van der Waals surface area contributed by atoms with Crippen LogP contribution < -0.4 is 15.4 Å². The molecule has 0 saturated carbocycles. The number of sulfone groups is 1. The van der Waals surface area contributed by atoms with Crippen molar-refractivity contribution in [1.82, 2.24) is 10.6 Å². The molecule has 2 N–H and O–H groups in total. The summed E-state index contributed by atoms with van der Waals surface area (Å²) in [4.78, 5) is 4.13. The molecule has 7 heteroatoms. The number of guanidine groups is 1. The van der Waals surface area contributed by atoms with Crippen LogP contribution in [-0.2, 0) is 16.3 Å². The predicted molar refractivity (Wildman–Crippen MR) is 99.7 cm³/mol. The van der Waals surface area contributed by atoms with Gasteiger partial charge in [0, 0.05) is 26.4 Å². The van der Waals surface area contributed by atoms with Crippen molar-refractivity contribution in [3.8, 4) is 5.75 Å². The number of hydrogen-bond donors (Lipinski definition) is 2. The molecule has 0 radical (unpaired) electrons. The highest BCUT2D eigenvalue weighted by molar-refractivity contribution is 7.92. The topological polar surface area (TPSA) is 79.8 Å². The molecule has 0 aliphatic heterocycles. The number of benzene rings is 1. The van der Waals surface area contributed by atoms with E-state index in [1.165, 1.54) is 6.26 Å². The highest BCUT2D eigenvalue weighted by atomic mass is 32.2. The van der Waals surface area contributed by atoms with Crippen LogP contribution in [-0.4, -0.2) is 52.6 Å². The summed E-state index contributed by atoms with van der Waals surface area (Å²) in [5.41, 5.74) is 2.27. The Labute approximate surface area is 145 Å². The molecule has 0 fully saturated rings. The van der Waals surface area contributed by atoms with E-state index >= 15 is 0 Å². The normalized spacial score (nSPS) is 12.8. The molecule has 0 bridgehead atoms. The van der Waals surface area contributed by atoms with Gasteiger partial charge in [-0.05, 0) is 44.4 Å². The van der Waals surface area contributed by atoms with Crippen molar-refractivity contribution < 1.29 is 13.2 Å². The summed E-state index contributed by atoms with van der Waals surface area (Å²) in [7, 11) is 0.190. The molecule has 1 aromatic carbocycles. The number of methoxy groups -OCH3 is 1.